The van der Waals surface area contributed by atoms with Gasteiger partial charge in [-0.05, 0) is 39.5 Å². The van der Waals surface area contributed by atoms with Crippen molar-refractivity contribution in [1.82, 2.24) is 15.5 Å². The molecule has 0 aliphatic carbocycles. The van der Waals surface area contributed by atoms with Crippen LogP contribution >= 0.6 is 0 Å². The first-order valence-electron chi connectivity index (χ1n) is 7.44. The minimum absolute atomic E-state index is 0.0156. The summed E-state index contributed by atoms with van der Waals surface area (Å²) in [7, 11) is 0. The Balaban J connectivity index is 1.84. The van der Waals surface area contributed by atoms with Gasteiger partial charge >= 0.3 is 6.01 Å². The molecular weight excluding hydrogens is 270 g/mol. The summed E-state index contributed by atoms with van der Waals surface area (Å²) in [5.41, 5.74) is 5.26. The Morgan fingerprint density at radius 1 is 1.38 bits per heavy atom. The summed E-state index contributed by atoms with van der Waals surface area (Å²) in [6, 6.07) is 0.568. The molecule has 1 saturated heterocycles. The Kier molecular flexibility index (Phi) is 4.82. The van der Waals surface area contributed by atoms with Crippen LogP contribution in [0.2, 0.25) is 0 Å². The third-order valence-electron chi connectivity index (χ3n) is 3.60. The molecule has 1 aliphatic rings. The van der Waals surface area contributed by atoms with E-state index in [1.807, 2.05) is 0 Å². The van der Waals surface area contributed by atoms with Crippen molar-refractivity contribution in [3.8, 4) is 0 Å². The smallest absolute Gasteiger partial charge is 0.318 e. The maximum absolute atomic E-state index is 10.9. The van der Waals surface area contributed by atoms with Crippen molar-refractivity contribution in [2.24, 2.45) is 11.7 Å². The van der Waals surface area contributed by atoms with Gasteiger partial charge in [0.2, 0.25) is 11.8 Å². The predicted molar refractivity (Wildman–Crippen MR) is 79.6 cm³/mol. The van der Waals surface area contributed by atoms with E-state index in [4.69, 9.17) is 10.2 Å². The zero-order valence-corrected chi connectivity index (χ0v) is 13.1. The van der Waals surface area contributed by atoms with Crippen LogP contribution in [0.1, 0.15) is 45.9 Å². The maximum atomic E-state index is 10.9. The van der Waals surface area contributed by atoms with Crippen LogP contribution < -0.4 is 16.0 Å². The average Bonchev–Trinajstić information content (AvgIpc) is 2.84. The number of nitrogens with two attached hydrogens (primary N) is 1. The second-order valence-electron chi connectivity index (χ2n) is 6.68. The van der Waals surface area contributed by atoms with Crippen LogP contribution in [-0.2, 0) is 11.3 Å². The number of rotatable bonds is 5. The van der Waals surface area contributed by atoms with Crippen LogP contribution in [0.5, 0.6) is 0 Å². The normalized spacial score (nSPS) is 17.2. The van der Waals surface area contributed by atoms with E-state index in [2.05, 4.69) is 41.2 Å². The summed E-state index contributed by atoms with van der Waals surface area (Å²) >= 11 is 0. The van der Waals surface area contributed by atoms with E-state index in [1.54, 1.807) is 0 Å². The van der Waals surface area contributed by atoms with Gasteiger partial charge in [-0.2, -0.15) is 0 Å². The fourth-order valence-electron chi connectivity index (χ4n) is 2.40. The first kappa shape index (κ1) is 15.8. The van der Waals surface area contributed by atoms with Crippen molar-refractivity contribution in [2.75, 3.05) is 18.0 Å². The van der Waals surface area contributed by atoms with Gasteiger partial charge in [-0.25, -0.2) is 0 Å². The first-order chi connectivity index (χ1) is 9.83. The van der Waals surface area contributed by atoms with Crippen LogP contribution in [0.15, 0.2) is 4.42 Å². The molecule has 0 radical (unpaired) electrons. The number of aromatic nitrogens is 2. The summed E-state index contributed by atoms with van der Waals surface area (Å²) < 4.78 is 5.68. The van der Waals surface area contributed by atoms with Gasteiger partial charge in [0.15, 0.2) is 0 Å². The molecule has 0 atom stereocenters. The maximum Gasteiger partial charge on any atom is 0.318 e. The highest BCUT2D eigenvalue weighted by Gasteiger charge is 2.24. The molecule has 118 valence electrons. The largest absolute Gasteiger partial charge is 0.407 e. The molecule has 3 N–H and O–H groups in total. The zero-order chi connectivity index (χ0) is 15.5. The molecule has 7 heteroatoms. The van der Waals surface area contributed by atoms with Crippen LogP contribution in [0.4, 0.5) is 6.01 Å². The Morgan fingerprint density at radius 2 is 2.05 bits per heavy atom. The number of nitrogens with one attached hydrogen (secondary N) is 1. The lowest BCUT2D eigenvalue weighted by Crippen LogP contribution is -2.35. The molecule has 1 fully saturated rings. The summed E-state index contributed by atoms with van der Waals surface area (Å²) in [6.07, 6.45) is 2.33. The molecule has 7 nitrogen and oxygen atoms in total. The minimum atomic E-state index is -0.221. The van der Waals surface area contributed by atoms with E-state index in [0.29, 0.717) is 30.8 Å². The molecule has 1 amide bonds. The molecular formula is C14H25N5O2. The number of amides is 1. The fraction of sp³-hybridized carbons (Fsp3) is 0.786. The molecule has 1 aromatic rings. The lowest BCUT2D eigenvalue weighted by atomic mass is 9.93. The second kappa shape index (κ2) is 6.43. The summed E-state index contributed by atoms with van der Waals surface area (Å²) in [4.78, 5) is 13.0. The number of hydrogen-bond donors (Lipinski definition) is 2. The number of hydrogen-bond acceptors (Lipinski definition) is 6. The summed E-state index contributed by atoms with van der Waals surface area (Å²) in [6.45, 7) is 8.49. The quantitative estimate of drug-likeness (QED) is 0.842. The van der Waals surface area contributed by atoms with Crippen molar-refractivity contribution in [2.45, 2.75) is 52.1 Å². The number of carbonyl (C=O) groups is 1. The van der Waals surface area contributed by atoms with Crippen molar-refractivity contribution in [1.29, 1.82) is 0 Å². The van der Waals surface area contributed by atoms with Crippen LogP contribution in [0.3, 0.4) is 0 Å². The Bertz CT molecular complexity index is 472. The van der Waals surface area contributed by atoms with Gasteiger partial charge in [0.1, 0.15) is 0 Å². The highest BCUT2D eigenvalue weighted by molar-refractivity contribution is 5.74. The molecule has 0 spiro atoms. The monoisotopic (exact) mass is 295 g/mol. The number of nitrogens with zero attached hydrogens (tertiary/aromatic N) is 3. The van der Waals surface area contributed by atoms with Crippen molar-refractivity contribution in [3.63, 3.8) is 0 Å². The molecule has 1 aromatic heterocycles. The number of anilines is 1. The molecule has 0 unspecified atom stereocenters. The van der Waals surface area contributed by atoms with E-state index >= 15 is 0 Å². The standard InChI is InChI=1S/C14H25N5O2/c1-14(2,3)16-9-12-17-18-13(21-12)19-6-4-10(5-7-19)8-11(15)20/h10,16H,4-9H2,1-3H3,(H2,15,20). The molecule has 2 rings (SSSR count). The molecule has 0 bridgehead atoms. The fourth-order valence-corrected chi connectivity index (χ4v) is 2.40. The van der Waals surface area contributed by atoms with E-state index in [0.717, 1.165) is 25.9 Å². The molecule has 21 heavy (non-hydrogen) atoms. The Morgan fingerprint density at radius 3 is 2.62 bits per heavy atom. The van der Waals surface area contributed by atoms with Gasteiger partial charge in [-0.15, -0.1) is 5.10 Å². The van der Waals surface area contributed by atoms with Gasteiger partial charge in [0.05, 0.1) is 6.54 Å². The van der Waals surface area contributed by atoms with Crippen molar-refractivity contribution < 1.29 is 9.21 Å². The highest BCUT2D eigenvalue weighted by atomic mass is 16.4. The van der Waals surface area contributed by atoms with E-state index in [-0.39, 0.29) is 11.4 Å². The van der Waals surface area contributed by atoms with Gasteiger partial charge in [0, 0.05) is 25.0 Å². The minimum Gasteiger partial charge on any atom is -0.407 e. The van der Waals surface area contributed by atoms with E-state index < -0.39 is 0 Å². The number of piperidine rings is 1. The van der Waals surface area contributed by atoms with Crippen molar-refractivity contribution in [3.05, 3.63) is 5.89 Å². The van der Waals surface area contributed by atoms with Gasteiger partial charge < -0.3 is 20.4 Å². The van der Waals surface area contributed by atoms with Crippen LogP contribution in [0.25, 0.3) is 0 Å². The van der Waals surface area contributed by atoms with E-state index in [9.17, 15) is 4.79 Å². The predicted octanol–water partition coefficient (Wildman–Crippen LogP) is 1.05. The SMILES string of the molecule is CC(C)(C)NCc1nnc(N2CCC(CC(N)=O)CC2)o1. The second-order valence-corrected chi connectivity index (χ2v) is 6.68. The topological polar surface area (TPSA) is 97.3 Å². The van der Waals surface area contributed by atoms with Gasteiger partial charge in [-0.3, -0.25) is 4.79 Å². The summed E-state index contributed by atoms with van der Waals surface area (Å²) in [5.74, 6) is 0.754. The lowest BCUT2D eigenvalue weighted by Gasteiger charge is -2.29. The number of carbonyl (C=O) groups excluding carboxylic acids is 1. The third kappa shape index (κ3) is 5.00. The molecule has 1 aliphatic heterocycles. The molecule has 0 saturated carbocycles. The van der Waals surface area contributed by atoms with Gasteiger partial charge in [0.25, 0.3) is 0 Å². The third-order valence-corrected chi connectivity index (χ3v) is 3.60. The first-order valence-corrected chi connectivity index (χ1v) is 7.44. The molecule has 0 aromatic carbocycles. The number of primary amides is 1. The Labute approximate surface area is 125 Å². The van der Waals surface area contributed by atoms with Crippen molar-refractivity contribution >= 4 is 11.9 Å². The van der Waals surface area contributed by atoms with E-state index in [1.165, 1.54) is 0 Å². The average molecular weight is 295 g/mol. The Hall–Kier alpha value is -1.63. The van der Waals surface area contributed by atoms with Gasteiger partial charge in [-0.1, -0.05) is 5.10 Å². The molecule has 2 heterocycles. The highest BCUT2D eigenvalue weighted by Crippen LogP contribution is 2.24. The zero-order valence-electron chi connectivity index (χ0n) is 13.1. The van der Waals surface area contributed by atoms with Crippen LogP contribution in [-0.4, -0.2) is 34.7 Å². The van der Waals surface area contributed by atoms with Crippen LogP contribution in [0, 0.1) is 5.92 Å². The lowest BCUT2D eigenvalue weighted by molar-refractivity contribution is -0.119. The summed E-state index contributed by atoms with van der Waals surface area (Å²) in [5, 5.41) is 11.5.